The first-order valence-electron chi connectivity index (χ1n) is 10.9. The highest BCUT2D eigenvalue weighted by Gasteiger charge is 2.17. The second-order valence-corrected chi connectivity index (χ2v) is 9.09. The predicted molar refractivity (Wildman–Crippen MR) is 131 cm³/mol. The molecule has 0 unspecified atom stereocenters. The van der Waals surface area contributed by atoms with Gasteiger partial charge in [-0.25, -0.2) is 4.98 Å². The van der Waals surface area contributed by atoms with Crippen LogP contribution in [0.15, 0.2) is 69.1 Å². The Morgan fingerprint density at radius 1 is 1.06 bits per heavy atom. The minimum atomic E-state index is -0.0292. The van der Waals surface area contributed by atoms with Gasteiger partial charge < -0.3 is 4.42 Å². The summed E-state index contributed by atoms with van der Waals surface area (Å²) in [5, 5.41) is 10.8. The third-order valence-electron chi connectivity index (χ3n) is 5.47. The highest BCUT2D eigenvalue weighted by molar-refractivity contribution is 7.98. The number of aryl methyl sites for hydroxylation is 1. The number of halogens is 1. The maximum absolute atomic E-state index is 13.1. The van der Waals surface area contributed by atoms with Crippen molar-refractivity contribution in [2.24, 2.45) is 0 Å². The zero-order valence-corrected chi connectivity index (χ0v) is 19.6. The maximum Gasteiger partial charge on any atom is 0.262 e. The monoisotopic (exact) mass is 479 g/mol. The molecule has 0 aliphatic rings. The highest BCUT2D eigenvalue weighted by atomic mass is 35.5. The molecule has 0 N–H and O–H groups in total. The van der Waals surface area contributed by atoms with Gasteiger partial charge in [0.25, 0.3) is 5.56 Å². The van der Waals surface area contributed by atoms with Crippen LogP contribution in [0.4, 0.5) is 0 Å². The fourth-order valence-electron chi connectivity index (χ4n) is 3.80. The van der Waals surface area contributed by atoms with Gasteiger partial charge in [-0.3, -0.25) is 13.8 Å². The summed E-state index contributed by atoms with van der Waals surface area (Å²) in [6.45, 7) is 2.76. The lowest BCUT2D eigenvalue weighted by atomic mass is 10.2. The molecule has 0 amide bonds. The van der Waals surface area contributed by atoms with Crippen LogP contribution in [0.2, 0.25) is 5.02 Å². The Labute approximate surface area is 199 Å². The highest BCUT2D eigenvalue weighted by Crippen LogP contribution is 2.27. The Kier molecular flexibility index (Phi) is 6.20. The molecule has 3 aromatic heterocycles. The molecule has 0 saturated carbocycles. The average Bonchev–Trinajstić information content (AvgIpc) is 3.48. The van der Waals surface area contributed by atoms with E-state index in [1.54, 1.807) is 10.8 Å². The third-order valence-corrected chi connectivity index (χ3v) is 6.64. The molecule has 3 heterocycles. The fraction of sp³-hybridized carbons (Fsp3) is 0.250. The molecular formula is C24H22ClN5O2S. The van der Waals surface area contributed by atoms with Crippen LogP contribution < -0.4 is 5.56 Å². The largest absolute Gasteiger partial charge is 0.440 e. The van der Waals surface area contributed by atoms with Gasteiger partial charge in [0.1, 0.15) is 0 Å². The summed E-state index contributed by atoms with van der Waals surface area (Å²) in [4.78, 5) is 17.5. The van der Waals surface area contributed by atoms with Crippen LogP contribution >= 0.6 is 23.4 Å². The van der Waals surface area contributed by atoms with Crippen LogP contribution in [0.3, 0.4) is 0 Å². The van der Waals surface area contributed by atoms with Gasteiger partial charge >= 0.3 is 0 Å². The van der Waals surface area contributed by atoms with Crippen molar-refractivity contribution in [3.8, 4) is 11.3 Å². The summed E-state index contributed by atoms with van der Waals surface area (Å²) in [5.74, 6) is 2.31. The van der Waals surface area contributed by atoms with Crippen LogP contribution in [-0.4, -0.2) is 24.1 Å². The van der Waals surface area contributed by atoms with E-state index in [0.717, 1.165) is 30.3 Å². The van der Waals surface area contributed by atoms with Gasteiger partial charge in [-0.05, 0) is 42.8 Å². The van der Waals surface area contributed by atoms with Gasteiger partial charge in [-0.15, -0.1) is 10.2 Å². The Balaban J connectivity index is 1.47. The normalized spacial score (nSPS) is 11.6. The van der Waals surface area contributed by atoms with Crippen molar-refractivity contribution in [1.82, 2.24) is 24.1 Å². The maximum atomic E-state index is 13.1. The molecule has 5 aromatic rings. The number of thioether (sulfide) groups is 1. The van der Waals surface area contributed by atoms with Gasteiger partial charge in [0, 0.05) is 17.1 Å². The first kappa shape index (κ1) is 21.7. The standard InChI is InChI=1S/C24H22ClN5O2S/c1-2-3-6-13-29-22(31)18-7-4-5-8-19(18)30-23(29)27-28-24(30)33-15-21-26-14-20(32-21)16-9-11-17(25)12-10-16/h4-5,7-12,14H,2-3,6,13,15H2,1H3. The quantitative estimate of drug-likeness (QED) is 0.205. The average molecular weight is 480 g/mol. The van der Waals surface area contributed by atoms with Gasteiger partial charge in [-0.2, -0.15) is 0 Å². The van der Waals surface area contributed by atoms with Crippen molar-refractivity contribution in [3.63, 3.8) is 0 Å². The first-order valence-corrected chi connectivity index (χ1v) is 12.2. The number of nitrogens with zero attached hydrogens (tertiary/aromatic N) is 5. The van der Waals surface area contributed by atoms with Crippen LogP contribution in [-0.2, 0) is 12.3 Å². The summed E-state index contributed by atoms with van der Waals surface area (Å²) in [6, 6.07) is 15.0. The molecule has 168 valence electrons. The van der Waals surface area contributed by atoms with E-state index in [1.807, 2.05) is 52.9 Å². The number of hydrogen-bond donors (Lipinski definition) is 0. The minimum absolute atomic E-state index is 0.0292. The van der Waals surface area contributed by atoms with Crippen LogP contribution in [0.1, 0.15) is 32.1 Å². The zero-order chi connectivity index (χ0) is 22.8. The van der Waals surface area contributed by atoms with E-state index in [0.29, 0.717) is 45.3 Å². The minimum Gasteiger partial charge on any atom is -0.440 e. The molecule has 0 radical (unpaired) electrons. The number of para-hydroxylation sites is 1. The SMILES string of the molecule is CCCCCn1c(=O)c2ccccc2n2c(SCc3ncc(-c4ccc(Cl)cc4)o3)nnc12. The fourth-order valence-corrected chi connectivity index (χ4v) is 4.72. The smallest absolute Gasteiger partial charge is 0.262 e. The number of rotatable bonds is 8. The molecule has 5 rings (SSSR count). The van der Waals surface area contributed by atoms with Crippen LogP contribution in [0.5, 0.6) is 0 Å². The number of aromatic nitrogens is 5. The molecule has 0 atom stereocenters. The van der Waals surface area contributed by atoms with E-state index in [1.165, 1.54) is 11.8 Å². The number of benzene rings is 2. The number of unbranched alkanes of at least 4 members (excludes halogenated alkanes) is 2. The molecule has 0 fully saturated rings. The van der Waals surface area contributed by atoms with Crippen molar-refractivity contribution in [1.29, 1.82) is 0 Å². The van der Waals surface area contributed by atoms with Crippen molar-refractivity contribution in [3.05, 3.63) is 76.0 Å². The van der Waals surface area contributed by atoms with E-state index >= 15 is 0 Å². The van der Waals surface area contributed by atoms with Crippen molar-refractivity contribution < 1.29 is 4.42 Å². The van der Waals surface area contributed by atoms with E-state index in [-0.39, 0.29) is 5.56 Å². The summed E-state index contributed by atoms with van der Waals surface area (Å²) in [6.07, 6.45) is 4.77. The molecule has 0 bridgehead atoms. The molecule has 0 aliphatic carbocycles. The number of hydrogen-bond acceptors (Lipinski definition) is 6. The molecule has 0 spiro atoms. The summed E-state index contributed by atoms with van der Waals surface area (Å²) < 4.78 is 9.62. The van der Waals surface area contributed by atoms with Crippen molar-refractivity contribution in [2.45, 2.75) is 43.6 Å². The second kappa shape index (κ2) is 9.41. The molecule has 7 nitrogen and oxygen atoms in total. The van der Waals surface area contributed by atoms with E-state index < -0.39 is 0 Å². The lowest BCUT2D eigenvalue weighted by Gasteiger charge is -2.10. The van der Waals surface area contributed by atoms with Crippen molar-refractivity contribution >= 4 is 40.0 Å². The van der Waals surface area contributed by atoms with Crippen LogP contribution in [0, 0.1) is 0 Å². The molecule has 33 heavy (non-hydrogen) atoms. The molecule has 9 heteroatoms. The Hall–Kier alpha value is -3.10. The lowest BCUT2D eigenvalue weighted by Crippen LogP contribution is -2.23. The zero-order valence-electron chi connectivity index (χ0n) is 18.1. The molecule has 2 aromatic carbocycles. The summed E-state index contributed by atoms with van der Waals surface area (Å²) in [7, 11) is 0. The third kappa shape index (κ3) is 4.28. The van der Waals surface area contributed by atoms with E-state index in [2.05, 4.69) is 22.1 Å². The molecular weight excluding hydrogens is 458 g/mol. The topological polar surface area (TPSA) is 78.2 Å². The Morgan fingerprint density at radius 3 is 2.70 bits per heavy atom. The van der Waals surface area contributed by atoms with Gasteiger partial charge in [-0.1, -0.05) is 55.3 Å². The lowest BCUT2D eigenvalue weighted by molar-refractivity contribution is 0.530. The number of oxazole rings is 1. The Bertz CT molecular complexity index is 1470. The summed E-state index contributed by atoms with van der Waals surface area (Å²) >= 11 is 7.45. The first-order chi connectivity index (χ1) is 16.2. The molecule has 0 saturated heterocycles. The van der Waals surface area contributed by atoms with Crippen molar-refractivity contribution in [2.75, 3.05) is 0 Å². The number of fused-ring (bicyclic) bond motifs is 3. The van der Waals surface area contributed by atoms with E-state index in [9.17, 15) is 4.79 Å². The van der Waals surface area contributed by atoms with Gasteiger partial charge in [0.15, 0.2) is 10.9 Å². The van der Waals surface area contributed by atoms with Crippen LogP contribution in [0.25, 0.3) is 28.0 Å². The second-order valence-electron chi connectivity index (χ2n) is 7.71. The van der Waals surface area contributed by atoms with Gasteiger partial charge in [0.2, 0.25) is 11.7 Å². The Morgan fingerprint density at radius 2 is 1.88 bits per heavy atom. The summed E-state index contributed by atoms with van der Waals surface area (Å²) in [5.41, 5.74) is 1.68. The van der Waals surface area contributed by atoms with E-state index in [4.69, 9.17) is 16.0 Å². The van der Waals surface area contributed by atoms with Gasteiger partial charge in [0.05, 0.1) is 22.9 Å². The molecule has 0 aliphatic heterocycles. The predicted octanol–water partition coefficient (Wildman–Crippen LogP) is 5.84.